The van der Waals surface area contributed by atoms with E-state index in [0.29, 0.717) is 0 Å². The van der Waals surface area contributed by atoms with Gasteiger partial charge in [0.15, 0.2) is 11.5 Å². The van der Waals surface area contributed by atoms with E-state index in [1.807, 2.05) is 30.3 Å². The summed E-state index contributed by atoms with van der Waals surface area (Å²) in [5.41, 5.74) is 4.37. The van der Waals surface area contributed by atoms with Gasteiger partial charge >= 0.3 is 0 Å². The van der Waals surface area contributed by atoms with Crippen LogP contribution in [-0.2, 0) is 0 Å². The van der Waals surface area contributed by atoms with Crippen LogP contribution in [-0.4, -0.2) is 24.4 Å². The smallest absolute Gasteiger partial charge is 0.214 e. The van der Waals surface area contributed by atoms with Crippen molar-refractivity contribution >= 4 is 5.71 Å². The van der Waals surface area contributed by atoms with Crippen LogP contribution < -0.4 is 14.2 Å². The second-order valence-corrected chi connectivity index (χ2v) is 9.19. The highest BCUT2D eigenvalue weighted by atomic mass is 16.5. The predicted octanol–water partition coefficient (Wildman–Crippen LogP) is 7.29. The highest BCUT2D eigenvalue weighted by molar-refractivity contribution is 6.01. The second kappa shape index (κ2) is 10.9. The lowest BCUT2D eigenvalue weighted by atomic mass is 9.95. The fourth-order valence-electron chi connectivity index (χ4n) is 4.89. The Kier molecular flexibility index (Phi) is 7.22. The van der Waals surface area contributed by atoms with Crippen LogP contribution in [0.5, 0.6) is 17.2 Å². The summed E-state index contributed by atoms with van der Waals surface area (Å²) >= 11 is 0. The van der Waals surface area contributed by atoms with Gasteiger partial charge in [-0.25, -0.2) is 5.01 Å². The van der Waals surface area contributed by atoms with Crippen LogP contribution in [0.4, 0.5) is 0 Å². The third-order valence-corrected chi connectivity index (χ3v) is 6.79. The van der Waals surface area contributed by atoms with Crippen molar-refractivity contribution in [1.82, 2.24) is 5.01 Å². The van der Waals surface area contributed by atoms with Crippen molar-refractivity contribution in [3.05, 3.63) is 89.5 Å². The molecule has 2 heterocycles. The molecule has 5 nitrogen and oxygen atoms in total. The van der Waals surface area contributed by atoms with Gasteiger partial charge in [0.1, 0.15) is 5.75 Å². The molecule has 5 heteroatoms. The molecule has 0 aliphatic carbocycles. The van der Waals surface area contributed by atoms with Crippen LogP contribution in [0.25, 0.3) is 0 Å². The van der Waals surface area contributed by atoms with E-state index >= 15 is 0 Å². The molecule has 0 saturated carbocycles. The molecule has 5 rings (SSSR count). The SMILES string of the molecule is CCCCCCCOc1ccc([C@@H]2Oc3c(OC)cccc3[C@H]3CC(c4ccccc4)=NN32)cc1. The van der Waals surface area contributed by atoms with Crippen LogP contribution in [0.1, 0.15) is 74.4 Å². The maximum absolute atomic E-state index is 6.57. The summed E-state index contributed by atoms with van der Waals surface area (Å²) in [6, 6.07) is 24.8. The topological polar surface area (TPSA) is 43.3 Å². The number of rotatable bonds is 10. The number of benzene rings is 3. The van der Waals surface area contributed by atoms with Crippen molar-refractivity contribution in [1.29, 1.82) is 0 Å². The van der Waals surface area contributed by atoms with Gasteiger partial charge in [-0.2, -0.15) is 5.10 Å². The van der Waals surface area contributed by atoms with Gasteiger partial charge in [-0.3, -0.25) is 0 Å². The minimum atomic E-state index is -0.340. The second-order valence-electron chi connectivity index (χ2n) is 9.19. The molecule has 0 amide bonds. The number of hydrogen-bond donors (Lipinski definition) is 0. The monoisotopic (exact) mass is 470 g/mol. The molecule has 0 fully saturated rings. The van der Waals surface area contributed by atoms with Crippen molar-refractivity contribution in [3.8, 4) is 17.2 Å². The number of fused-ring (bicyclic) bond motifs is 3. The summed E-state index contributed by atoms with van der Waals surface area (Å²) in [5, 5.41) is 7.16. The highest BCUT2D eigenvalue weighted by Gasteiger charge is 2.42. The van der Waals surface area contributed by atoms with Gasteiger partial charge in [-0.15, -0.1) is 0 Å². The first-order valence-electron chi connectivity index (χ1n) is 12.8. The first-order chi connectivity index (χ1) is 17.3. The summed E-state index contributed by atoms with van der Waals surface area (Å²) in [7, 11) is 1.69. The van der Waals surface area contributed by atoms with Crippen molar-refractivity contribution < 1.29 is 14.2 Å². The third-order valence-electron chi connectivity index (χ3n) is 6.79. The molecule has 2 aliphatic rings. The first-order valence-corrected chi connectivity index (χ1v) is 12.8. The van der Waals surface area contributed by atoms with Crippen LogP contribution in [0, 0.1) is 0 Å². The normalized spacial score (nSPS) is 18.3. The van der Waals surface area contributed by atoms with E-state index in [9.17, 15) is 0 Å². The van der Waals surface area contributed by atoms with E-state index in [4.69, 9.17) is 19.3 Å². The zero-order chi connectivity index (χ0) is 24.0. The van der Waals surface area contributed by atoms with E-state index in [0.717, 1.165) is 59.1 Å². The van der Waals surface area contributed by atoms with Crippen LogP contribution in [0.15, 0.2) is 77.9 Å². The molecule has 0 aromatic heterocycles. The van der Waals surface area contributed by atoms with Crippen molar-refractivity contribution in [2.45, 2.75) is 57.7 Å². The zero-order valence-electron chi connectivity index (χ0n) is 20.7. The number of unbranched alkanes of at least 4 members (excludes halogenated alkanes) is 4. The highest BCUT2D eigenvalue weighted by Crippen LogP contribution is 2.50. The molecule has 0 N–H and O–H groups in total. The molecule has 3 aromatic rings. The Morgan fingerprint density at radius 3 is 2.49 bits per heavy atom. The molecular weight excluding hydrogens is 436 g/mol. The number of ether oxygens (including phenoxy) is 3. The summed E-state index contributed by atoms with van der Waals surface area (Å²) in [5.74, 6) is 2.45. The lowest BCUT2D eigenvalue weighted by Gasteiger charge is -2.38. The molecule has 0 radical (unpaired) electrons. The average molecular weight is 471 g/mol. The predicted molar refractivity (Wildman–Crippen MR) is 139 cm³/mol. The van der Waals surface area contributed by atoms with Gasteiger partial charge in [0.2, 0.25) is 6.23 Å². The molecule has 2 atom stereocenters. The van der Waals surface area contributed by atoms with Crippen LogP contribution >= 0.6 is 0 Å². The fraction of sp³-hybridized carbons (Fsp3) is 0.367. The number of hydrogen-bond acceptors (Lipinski definition) is 5. The van der Waals surface area contributed by atoms with Gasteiger partial charge in [0, 0.05) is 17.5 Å². The molecule has 0 saturated heterocycles. The zero-order valence-corrected chi connectivity index (χ0v) is 20.7. The lowest BCUT2D eigenvalue weighted by molar-refractivity contribution is -0.0209. The van der Waals surface area contributed by atoms with Gasteiger partial charge in [-0.1, -0.05) is 75.1 Å². The van der Waals surface area contributed by atoms with Crippen LogP contribution in [0.2, 0.25) is 0 Å². The maximum Gasteiger partial charge on any atom is 0.214 e. The summed E-state index contributed by atoms with van der Waals surface area (Å²) in [6.07, 6.45) is 6.65. The van der Waals surface area contributed by atoms with E-state index in [1.54, 1.807) is 7.11 Å². The quantitative estimate of drug-likeness (QED) is 0.292. The number of para-hydroxylation sites is 1. The van der Waals surface area contributed by atoms with Gasteiger partial charge < -0.3 is 14.2 Å². The fourth-order valence-corrected chi connectivity index (χ4v) is 4.89. The number of hydrazone groups is 1. The number of methoxy groups -OCH3 is 1. The lowest BCUT2D eigenvalue weighted by Crippen LogP contribution is -2.33. The molecule has 182 valence electrons. The van der Waals surface area contributed by atoms with E-state index < -0.39 is 0 Å². The molecule has 0 spiro atoms. The number of nitrogens with zero attached hydrogens (tertiary/aromatic N) is 2. The maximum atomic E-state index is 6.57. The van der Waals surface area contributed by atoms with Gasteiger partial charge in [-0.05, 0) is 42.3 Å². The van der Waals surface area contributed by atoms with E-state index in [2.05, 4.69) is 54.4 Å². The van der Waals surface area contributed by atoms with Crippen molar-refractivity contribution in [2.24, 2.45) is 5.10 Å². The molecular formula is C30H34N2O3. The Morgan fingerprint density at radius 2 is 1.71 bits per heavy atom. The minimum absolute atomic E-state index is 0.0908. The summed E-state index contributed by atoms with van der Waals surface area (Å²) in [6.45, 7) is 2.99. The Morgan fingerprint density at radius 1 is 0.914 bits per heavy atom. The molecule has 2 aliphatic heterocycles. The summed E-state index contributed by atoms with van der Waals surface area (Å²) in [4.78, 5) is 0. The molecule has 0 bridgehead atoms. The minimum Gasteiger partial charge on any atom is -0.494 e. The Bertz CT molecular complexity index is 1140. The average Bonchev–Trinajstić information content (AvgIpc) is 3.37. The van der Waals surface area contributed by atoms with Crippen molar-refractivity contribution in [3.63, 3.8) is 0 Å². The standard InChI is InChI=1S/C30H34N2O3/c1-3-4-5-6-10-20-34-24-18-16-23(17-19-24)30-32-27(21-26(31-32)22-12-8-7-9-13-22)25-14-11-15-28(33-2)29(25)35-30/h7-9,11-19,27,30H,3-6,10,20-21H2,1-2H3/t27-,30+/m1/s1. The summed E-state index contributed by atoms with van der Waals surface area (Å²) < 4.78 is 18.2. The largest absolute Gasteiger partial charge is 0.494 e. The van der Waals surface area contributed by atoms with Crippen molar-refractivity contribution in [2.75, 3.05) is 13.7 Å². The van der Waals surface area contributed by atoms with Crippen LogP contribution in [0.3, 0.4) is 0 Å². The Labute approximate surface area is 208 Å². The third kappa shape index (κ3) is 5.00. The van der Waals surface area contributed by atoms with Gasteiger partial charge in [0.05, 0.1) is 25.5 Å². The molecule has 3 aromatic carbocycles. The molecule has 35 heavy (non-hydrogen) atoms. The first kappa shape index (κ1) is 23.3. The van der Waals surface area contributed by atoms with Gasteiger partial charge in [0.25, 0.3) is 0 Å². The van der Waals surface area contributed by atoms with E-state index in [-0.39, 0.29) is 12.3 Å². The Balaban J connectivity index is 1.38. The Hall–Kier alpha value is -3.47. The van der Waals surface area contributed by atoms with E-state index in [1.165, 1.54) is 25.7 Å². The molecule has 0 unspecified atom stereocenters.